The molecule has 3 fully saturated rings. The molecule has 3 saturated heterocycles. The lowest BCUT2D eigenvalue weighted by Gasteiger charge is -2.24. The van der Waals surface area contributed by atoms with E-state index in [9.17, 15) is 4.79 Å². The molecule has 0 aromatic rings. The molecule has 3 heterocycles. The van der Waals surface area contributed by atoms with Crippen LogP contribution in [0, 0.1) is 5.92 Å². The van der Waals surface area contributed by atoms with E-state index >= 15 is 0 Å². The predicted octanol–water partition coefficient (Wildman–Crippen LogP) is 0.886. The molecule has 3 rings (SSSR count). The Bertz CT molecular complexity index is 261. The van der Waals surface area contributed by atoms with Gasteiger partial charge in [0.15, 0.2) is 0 Å². The van der Waals surface area contributed by atoms with Gasteiger partial charge < -0.3 is 15.1 Å². The van der Waals surface area contributed by atoms with Gasteiger partial charge in [-0.1, -0.05) is 0 Å². The van der Waals surface area contributed by atoms with Crippen molar-refractivity contribution in [2.75, 3.05) is 32.7 Å². The molecule has 3 aliphatic heterocycles. The summed E-state index contributed by atoms with van der Waals surface area (Å²) in [6.45, 7) is 4.98. The predicted molar refractivity (Wildman–Crippen MR) is 62.3 cm³/mol. The van der Waals surface area contributed by atoms with Crippen LogP contribution in [0.2, 0.25) is 0 Å². The van der Waals surface area contributed by atoms with Crippen molar-refractivity contribution in [1.29, 1.82) is 0 Å². The lowest BCUT2D eigenvalue weighted by molar-refractivity contribution is 0.171. The van der Waals surface area contributed by atoms with Crippen molar-refractivity contribution in [3.63, 3.8) is 0 Å². The quantitative estimate of drug-likeness (QED) is 0.662. The van der Waals surface area contributed by atoms with Crippen molar-refractivity contribution in [3.05, 3.63) is 0 Å². The standard InChI is InChI=1S/C12H21N3O/c16-12(14-6-1-2-7-14)15-8-10-4-3-5-13-11(10)9-15/h10-11,13H,1-9H2. The molecule has 2 unspecified atom stereocenters. The number of nitrogens with one attached hydrogen (secondary N) is 1. The number of hydrogen-bond donors (Lipinski definition) is 1. The third kappa shape index (κ3) is 1.79. The fourth-order valence-corrected chi connectivity index (χ4v) is 3.31. The Morgan fingerprint density at radius 2 is 1.88 bits per heavy atom. The van der Waals surface area contributed by atoms with E-state index in [1.165, 1.54) is 25.7 Å². The first-order valence-electron chi connectivity index (χ1n) is 6.62. The number of fused-ring (bicyclic) bond motifs is 1. The minimum Gasteiger partial charge on any atom is -0.325 e. The van der Waals surface area contributed by atoms with Gasteiger partial charge in [-0.3, -0.25) is 0 Å². The highest BCUT2D eigenvalue weighted by molar-refractivity contribution is 5.75. The number of urea groups is 1. The number of rotatable bonds is 0. The SMILES string of the molecule is O=C(N1CCCC1)N1CC2CCCNC2C1. The van der Waals surface area contributed by atoms with E-state index in [0.29, 0.717) is 12.0 Å². The smallest absolute Gasteiger partial charge is 0.320 e. The van der Waals surface area contributed by atoms with Crippen molar-refractivity contribution in [3.8, 4) is 0 Å². The first-order chi connectivity index (χ1) is 7.84. The molecule has 0 aromatic heterocycles. The van der Waals surface area contributed by atoms with Gasteiger partial charge in [-0.05, 0) is 38.1 Å². The highest BCUT2D eigenvalue weighted by atomic mass is 16.2. The highest BCUT2D eigenvalue weighted by Gasteiger charge is 2.38. The molecule has 0 bridgehead atoms. The fourth-order valence-electron chi connectivity index (χ4n) is 3.31. The van der Waals surface area contributed by atoms with E-state index in [-0.39, 0.29) is 6.03 Å². The van der Waals surface area contributed by atoms with Crippen molar-refractivity contribution in [2.24, 2.45) is 5.92 Å². The number of amides is 2. The van der Waals surface area contributed by atoms with Gasteiger partial charge in [0, 0.05) is 32.2 Å². The summed E-state index contributed by atoms with van der Waals surface area (Å²) in [4.78, 5) is 16.3. The average Bonchev–Trinajstić information content (AvgIpc) is 2.97. The number of piperidine rings is 1. The Morgan fingerprint density at radius 1 is 1.06 bits per heavy atom. The third-order valence-corrected chi connectivity index (χ3v) is 4.25. The van der Waals surface area contributed by atoms with Gasteiger partial charge in [-0.2, -0.15) is 0 Å². The zero-order chi connectivity index (χ0) is 11.0. The maximum absolute atomic E-state index is 12.2. The van der Waals surface area contributed by atoms with Gasteiger partial charge in [0.25, 0.3) is 0 Å². The Labute approximate surface area is 97.0 Å². The Hall–Kier alpha value is -0.770. The molecule has 2 amide bonds. The molecule has 0 spiro atoms. The van der Waals surface area contributed by atoms with Crippen LogP contribution in [-0.2, 0) is 0 Å². The molecule has 0 aliphatic carbocycles. The fraction of sp³-hybridized carbons (Fsp3) is 0.917. The molecule has 0 aromatic carbocycles. The molecule has 0 radical (unpaired) electrons. The Balaban J connectivity index is 1.61. The molecular formula is C12H21N3O. The monoisotopic (exact) mass is 223 g/mol. The maximum Gasteiger partial charge on any atom is 0.320 e. The van der Waals surface area contributed by atoms with Crippen LogP contribution in [0.5, 0.6) is 0 Å². The maximum atomic E-state index is 12.2. The van der Waals surface area contributed by atoms with Crippen molar-refractivity contribution < 1.29 is 4.79 Å². The topological polar surface area (TPSA) is 35.6 Å². The summed E-state index contributed by atoms with van der Waals surface area (Å²) in [6.07, 6.45) is 4.93. The summed E-state index contributed by atoms with van der Waals surface area (Å²) in [6, 6.07) is 0.856. The number of likely N-dealkylation sites (tertiary alicyclic amines) is 2. The normalized spacial score (nSPS) is 34.2. The van der Waals surface area contributed by atoms with E-state index in [0.717, 1.165) is 32.7 Å². The van der Waals surface area contributed by atoms with E-state index in [1.54, 1.807) is 0 Å². The van der Waals surface area contributed by atoms with Gasteiger partial charge in [0.1, 0.15) is 0 Å². The van der Waals surface area contributed by atoms with Gasteiger partial charge >= 0.3 is 6.03 Å². The minimum absolute atomic E-state index is 0.286. The van der Waals surface area contributed by atoms with Crippen LogP contribution in [0.1, 0.15) is 25.7 Å². The second kappa shape index (κ2) is 4.24. The summed E-state index contributed by atoms with van der Waals surface area (Å²) in [5, 5.41) is 3.54. The average molecular weight is 223 g/mol. The van der Waals surface area contributed by atoms with Crippen LogP contribution in [0.3, 0.4) is 0 Å². The summed E-state index contributed by atoms with van der Waals surface area (Å²) >= 11 is 0. The van der Waals surface area contributed by atoms with Gasteiger partial charge in [-0.15, -0.1) is 0 Å². The number of carbonyl (C=O) groups is 1. The molecule has 90 valence electrons. The summed E-state index contributed by atoms with van der Waals surface area (Å²) in [5.74, 6) is 0.709. The summed E-state index contributed by atoms with van der Waals surface area (Å²) in [5.41, 5.74) is 0. The van der Waals surface area contributed by atoms with Crippen LogP contribution in [0.15, 0.2) is 0 Å². The number of carbonyl (C=O) groups excluding carboxylic acids is 1. The van der Waals surface area contributed by atoms with Gasteiger partial charge in [0.05, 0.1) is 0 Å². The van der Waals surface area contributed by atoms with Crippen LogP contribution < -0.4 is 5.32 Å². The number of nitrogens with zero attached hydrogens (tertiary/aromatic N) is 2. The van der Waals surface area contributed by atoms with Gasteiger partial charge in [-0.25, -0.2) is 4.79 Å². The minimum atomic E-state index is 0.286. The van der Waals surface area contributed by atoms with E-state index in [2.05, 4.69) is 10.2 Å². The van der Waals surface area contributed by atoms with E-state index < -0.39 is 0 Å². The van der Waals surface area contributed by atoms with Crippen LogP contribution in [-0.4, -0.2) is 54.6 Å². The Kier molecular flexibility index (Phi) is 2.75. The van der Waals surface area contributed by atoms with Crippen LogP contribution >= 0.6 is 0 Å². The molecule has 0 saturated carbocycles. The number of hydrogen-bond acceptors (Lipinski definition) is 2. The lowest BCUT2D eigenvalue weighted by atomic mass is 9.94. The summed E-state index contributed by atoms with van der Waals surface area (Å²) < 4.78 is 0. The molecule has 16 heavy (non-hydrogen) atoms. The van der Waals surface area contributed by atoms with Gasteiger partial charge in [0.2, 0.25) is 0 Å². The molecule has 2 atom stereocenters. The third-order valence-electron chi connectivity index (χ3n) is 4.25. The second-order valence-electron chi connectivity index (χ2n) is 5.34. The highest BCUT2D eigenvalue weighted by Crippen LogP contribution is 2.26. The van der Waals surface area contributed by atoms with Crippen molar-refractivity contribution in [2.45, 2.75) is 31.7 Å². The van der Waals surface area contributed by atoms with Crippen LogP contribution in [0.4, 0.5) is 4.79 Å². The Morgan fingerprint density at radius 3 is 2.62 bits per heavy atom. The molecule has 3 aliphatic rings. The molecular weight excluding hydrogens is 202 g/mol. The molecule has 4 nitrogen and oxygen atoms in total. The largest absolute Gasteiger partial charge is 0.325 e. The first-order valence-corrected chi connectivity index (χ1v) is 6.62. The van der Waals surface area contributed by atoms with Crippen molar-refractivity contribution in [1.82, 2.24) is 15.1 Å². The second-order valence-corrected chi connectivity index (χ2v) is 5.34. The zero-order valence-corrected chi connectivity index (χ0v) is 9.82. The molecule has 1 N–H and O–H groups in total. The van der Waals surface area contributed by atoms with Crippen molar-refractivity contribution >= 4 is 6.03 Å². The van der Waals surface area contributed by atoms with E-state index in [1.807, 2.05) is 4.90 Å². The lowest BCUT2D eigenvalue weighted by Crippen LogP contribution is -2.43. The van der Waals surface area contributed by atoms with Crippen LogP contribution in [0.25, 0.3) is 0 Å². The first kappa shape index (κ1) is 10.4. The summed E-state index contributed by atoms with van der Waals surface area (Å²) in [7, 11) is 0. The van der Waals surface area contributed by atoms with E-state index in [4.69, 9.17) is 0 Å². The molecule has 4 heteroatoms. The zero-order valence-electron chi connectivity index (χ0n) is 9.82.